The van der Waals surface area contributed by atoms with Gasteiger partial charge in [0.25, 0.3) is 0 Å². The minimum atomic E-state index is -0.470. The van der Waals surface area contributed by atoms with Crippen molar-refractivity contribution in [3.63, 3.8) is 0 Å². The number of likely N-dealkylation sites (tertiary alicyclic amines) is 1. The van der Waals surface area contributed by atoms with Gasteiger partial charge in [-0.1, -0.05) is 0 Å². The molecule has 0 aromatic carbocycles. The molecule has 1 unspecified atom stereocenters. The van der Waals surface area contributed by atoms with Crippen LogP contribution in [0, 0.1) is 5.92 Å². The quantitative estimate of drug-likeness (QED) is 0.827. The summed E-state index contributed by atoms with van der Waals surface area (Å²) in [6, 6.07) is 0.119. The molecule has 25 heavy (non-hydrogen) atoms. The Morgan fingerprint density at radius 1 is 1.16 bits per heavy atom. The summed E-state index contributed by atoms with van der Waals surface area (Å²) in [5.74, 6) is 0.545. The van der Waals surface area contributed by atoms with E-state index in [0.29, 0.717) is 32.0 Å². The Labute approximate surface area is 151 Å². The first-order valence-electron chi connectivity index (χ1n) is 9.27. The van der Waals surface area contributed by atoms with Crippen LogP contribution in [0.5, 0.6) is 0 Å². The Kier molecular flexibility index (Phi) is 7.07. The van der Waals surface area contributed by atoms with Crippen LogP contribution in [0.4, 0.5) is 4.79 Å². The van der Waals surface area contributed by atoms with Gasteiger partial charge in [-0.05, 0) is 39.5 Å². The van der Waals surface area contributed by atoms with Crippen molar-refractivity contribution in [3.8, 4) is 0 Å². The van der Waals surface area contributed by atoms with Crippen LogP contribution >= 0.6 is 0 Å². The van der Waals surface area contributed by atoms with E-state index >= 15 is 0 Å². The standard InChI is InChI=1S/C18H33N3O4/c1-18(2,3)25-17(23)20-8-5-14(6-9-20)11-16(22)21-10-7-19-12-15(21)13-24-4/h14-15,19H,5-13H2,1-4H3. The van der Waals surface area contributed by atoms with Gasteiger partial charge in [0.15, 0.2) is 0 Å². The van der Waals surface area contributed by atoms with Crippen LogP contribution in [-0.4, -0.2) is 79.9 Å². The molecule has 7 nitrogen and oxygen atoms in total. The Hall–Kier alpha value is -1.34. The number of piperidine rings is 1. The second kappa shape index (κ2) is 8.85. The number of ether oxygens (including phenoxy) is 2. The van der Waals surface area contributed by atoms with Gasteiger partial charge in [-0.3, -0.25) is 4.79 Å². The van der Waals surface area contributed by atoms with Crippen molar-refractivity contribution in [3.05, 3.63) is 0 Å². The minimum Gasteiger partial charge on any atom is -0.444 e. The van der Waals surface area contributed by atoms with Gasteiger partial charge in [0.2, 0.25) is 5.91 Å². The number of rotatable bonds is 4. The van der Waals surface area contributed by atoms with E-state index in [-0.39, 0.29) is 18.0 Å². The van der Waals surface area contributed by atoms with E-state index in [9.17, 15) is 9.59 Å². The van der Waals surface area contributed by atoms with Crippen molar-refractivity contribution in [2.24, 2.45) is 5.92 Å². The molecule has 0 aliphatic carbocycles. The Balaban J connectivity index is 1.79. The number of methoxy groups -OCH3 is 1. The fourth-order valence-corrected chi connectivity index (χ4v) is 3.44. The predicted octanol–water partition coefficient (Wildman–Crippen LogP) is 1.47. The highest BCUT2D eigenvalue weighted by Crippen LogP contribution is 2.23. The number of hydrogen-bond donors (Lipinski definition) is 1. The van der Waals surface area contributed by atoms with Gasteiger partial charge in [-0.25, -0.2) is 4.79 Å². The molecule has 0 aromatic heterocycles. The predicted molar refractivity (Wildman–Crippen MR) is 95.4 cm³/mol. The van der Waals surface area contributed by atoms with Crippen molar-refractivity contribution in [2.75, 3.05) is 46.4 Å². The zero-order chi connectivity index (χ0) is 18.4. The zero-order valence-electron chi connectivity index (χ0n) is 16.0. The highest BCUT2D eigenvalue weighted by Gasteiger charge is 2.31. The molecule has 0 spiro atoms. The van der Waals surface area contributed by atoms with Crippen molar-refractivity contribution in [1.29, 1.82) is 0 Å². The minimum absolute atomic E-state index is 0.119. The van der Waals surface area contributed by atoms with Gasteiger partial charge in [0.05, 0.1) is 12.6 Å². The summed E-state index contributed by atoms with van der Waals surface area (Å²) in [6.07, 6.45) is 2.01. The first kappa shape index (κ1) is 20.0. The molecule has 2 amide bonds. The monoisotopic (exact) mass is 355 g/mol. The molecular formula is C18H33N3O4. The van der Waals surface area contributed by atoms with Crippen molar-refractivity contribution in [2.45, 2.75) is 51.7 Å². The summed E-state index contributed by atoms with van der Waals surface area (Å²) in [5.41, 5.74) is -0.470. The van der Waals surface area contributed by atoms with Gasteiger partial charge < -0.3 is 24.6 Å². The lowest BCUT2D eigenvalue weighted by atomic mass is 9.92. The van der Waals surface area contributed by atoms with E-state index in [4.69, 9.17) is 9.47 Å². The number of nitrogens with one attached hydrogen (secondary N) is 1. The molecule has 0 saturated carbocycles. The third-order valence-electron chi connectivity index (χ3n) is 4.76. The zero-order valence-corrected chi connectivity index (χ0v) is 16.0. The van der Waals surface area contributed by atoms with Gasteiger partial charge in [-0.15, -0.1) is 0 Å². The Morgan fingerprint density at radius 2 is 1.84 bits per heavy atom. The molecule has 0 aromatic rings. The number of carbonyl (C=O) groups is 2. The molecular weight excluding hydrogens is 322 g/mol. The first-order chi connectivity index (χ1) is 11.8. The molecule has 144 valence electrons. The highest BCUT2D eigenvalue weighted by atomic mass is 16.6. The maximum atomic E-state index is 12.7. The van der Waals surface area contributed by atoms with E-state index in [1.165, 1.54) is 0 Å². The number of nitrogens with zero attached hydrogens (tertiary/aromatic N) is 2. The summed E-state index contributed by atoms with van der Waals surface area (Å²) >= 11 is 0. The summed E-state index contributed by atoms with van der Waals surface area (Å²) in [6.45, 7) is 9.88. The number of amides is 2. The third-order valence-corrected chi connectivity index (χ3v) is 4.76. The van der Waals surface area contributed by atoms with Crippen molar-refractivity contribution < 1.29 is 19.1 Å². The van der Waals surface area contributed by atoms with Crippen LogP contribution in [0.25, 0.3) is 0 Å². The van der Waals surface area contributed by atoms with Crippen molar-refractivity contribution >= 4 is 12.0 Å². The van der Waals surface area contributed by atoms with Crippen LogP contribution in [0.1, 0.15) is 40.0 Å². The van der Waals surface area contributed by atoms with Crippen molar-refractivity contribution in [1.82, 2.24) is 15.1 Å². The average molecular weight is 355 g/mol. The molecule has 2 aliphatic heterocycles. The SMILES string of the molecule is COCC1CNCCN1C(=O)CC1CCN(C(=O)OC(C)(C)C)CC1. The topological polar surface area (TPSA) is 71.1 Å². The van der Waals surface area contributed by atoms with E-state index in [1.807, 2.05) is 25.7 Å². The summed E-state index contributed by atoms with van der Waals surface area (Å²) in [7, 11) is 1.67. The molecule has 2 heterocycles. The number of piperazine rings is 1. The van der Waals surface area contributed by atoms with Gasteiger partial charge in [0.1, 0.15) is 5.60 Å². The molecule has 1 atom stereocenters. The maximum Gasteiger partial charge on any atom is 0.410 e. The smallest absolute Gasteiger partial charge is 0.410 e. The van der Waals surface area contributed by atoms with Crippen LogP contribution in [-0.2, 0) is 14.3 Å². The van der Waals surface area contributed by atoms with Gasteiger partial charge in [0, 0.05) is 46.3 Å². The molecule has 1 N–H and O–H groups in total. The second-order valence-corrected chi connectivity index (χ2v) is 8.02. The average Bonchev–Trinajstić information content (AvgIpc) is 2.54. The van der Waals surface area contributed by atoms with E-state index in [2.05, 4.69) is 5.32 Å². The molecule has 2 aliphatic rings. The third kappa shape index (κ3) is 6.15. The molecule has 0 radical (unpaired) electrons. The summed E-state index contributed by atoms with van der Waals surface area (Å²) in [5, 5.41) is 3.31. The summed E-state index contributed by atoms with van der Waals surface area (Å²) < 4.78 is 10.7. The largest absolute Gasteiger partial charge is 0.444 e. The molecule has 2 saturated heterocycles. The van der Waals surface area contributed by atoms with Crippen LogP contribution in [0.3, 0.4) is 0 Å². The lowest BCUT2D eigenvalue weighted by molar-refractivity contribution is -0.137. The number of hydrogen-bond acceptors (Lipinski definition) is 5. The van der Waals surface area contributed by atoms with E-state index < -0.39 is 5.60 Å². The molecule has 2 fully saturated rings. The highest BCUT2D eigenvalue weighted by molar-refractivity contribution is 5.77. The fraction of sp³-hybridized carbons (Fsp3) is 0.889. The lowest BCUT2D eigenvalue weighted by Gasteiger charge is -2.38. The Bertz CT molecular complexity index is 454. The fourth-order valence-electron chi connectivity index (χ4n) is 3.44. The molecule has 0 bridgehead atoms. The maximum absolute atomic E-state index is 12.7. The summed E-state index contributed by atoms with van der Waals surface area (Å²) in [4.78, 5) is 28.5. The lowest BCUT2D eigenvalue weighted by Crippen LogP contribution is -2.55. The van der Waals surface area contributed by atoms with E-state index in [1.54, 1.807) is 12.0 Å². The second-order valence-electron chi connectivity index (χ2n) is 8.02. The Morgan fingerprint density at radius 3 is 2.44 bits per heavy atom. The molecule has 2 rings (SSSR count). The van der Waals surface area contributed by atoms with Gasteiger partial charge >= 0.3 is 6.09 Å². The molecule has 7 heteroatoms. The van der Waals surface area contributed by atoms with Crippen LogP contribution < -0.4 is 5.32 Å². The van der Waals surface area contributed by atoms with E-state index in [0.717, 1.165) is 32.5 Å². The first-order valence-corrected chi connectivity index (χ1v) is 9.27. The van der Waals surface area contributed by atoms with Gasteiger partial charge in [-0.2, -0.15) is 0 Å². The van der Waals surface area contributed by atoms with Crippen LogP contribution in [0.2, 0.25) is 0 Å². The number of carbonyl (C=O) groups excluding carboxylic acids is 2. The normalized spacial score (nSPS) is 22.8. The van der Waals surface area contributed by atoms with Crippen LogP contribution in [0.15, 0.2) is 0 Å².